The maximum Gasteiger partial charge on any atom is 0.108 e. The van der Waals surface area contributed by atoms with E-state index in [0.717, 1.165) is 13.2 Å². The summed E-state index contributed by atoms with van der Waals surface area (Å²) in [5.74, 6) is 0. The van der Waals surface area contributed by atoms with Gasteiger partial charge in [-0.3, -0.25) is 5.32 Å². The van der Waals surface area contributed by atoms with Crippen LogP contribution in [0.2, 0.25) is 0 Å². The SMILES string of the molecule is CCCCCOC1CCCCN1. The van der Waals surface area contributed by atoms with E-state index in [9.17, 15) is 0 Å². The molecule has 2 heteroatoms. The first-order valence-electron chi connectivity index (χ1n) is 5.28. The topological polar surface area (TPSA) is 21.3 Å². The van der Waals surface area contributed by atoms with Crippen LogP contribution in [0, 0.1) is 0 Å². The highest BCUT2D eigenvalue weighted by Gasteiger charge is 2.11. The minimum atomic E-state index is 0.357. The summed E-state index contributed by atoms with van der Waals surface area (Å²) in [6.07, 6.45) is 7.99. The van der Waals surface area contributed by atoms with Gasteiger partial charge in [0.1, 0.15) is 6.23 Å². The number of rotatable bonds is 5. The Balaban J connectivity index is 1.91. The summed E-state index contributed by atoms with van der Waals surface area (Å²) >= 11 is 0. The highest BCUT2D eigenvalue weighted by Crippen LogP contribution is 2.08. The average Bonchev–Trinajstić information content (AvgIpc) is 2.14. The molecule has 1 aliphatic rings. The Morgan fingerprint density at radius 2 is 2.25 bits per heavy atom. The lowest BCUT2D eigenvalue weighted by atomic mass is 10.1. The highest BCUT2D eigenvalue weighted by atomic mass is 16.5. The van der Waals surface area contributed by atoms with Gasteiger partial charge >= 0.3 is 0 Å². The number of ether oxygens (including phenoxy) is 1. The fourth-order valence-electron chi connectivity index (χ4n) is 1.54. The third-order valence-electron chi connectivity index (χ3n) is 2.33. The Labute approximate surface area is 75.7 Å². The number of hydrogen-bond acceptors (Lipinski definition) is 2. The lowest BCUT2D eigenvalue weighted by molar-refractivity contribution is 0.0107. The highest BCUT2D eigenvalue weighted by molar-refractivity contribution is 4.63. The van der Waals surface area contributed by atoms with Crippen molar-refractivity contribution in [2.45, 2.75) is 51.7 Å². The van der Waals surface area contributed by atoms with Gasteiger partial charge in [-0.25, -0.2) is 0 Å². The van der Waals surface area contributed by atoms with Gasteiger partial charge in [0.25, 0.3) is 0 Å². The quantitative estimate of drug-likeness (QED) is 0.641. The van der Waals surface area contributed by atoms with E-state index in [2.05, 4.69) is 12.2 Å². The molecule has 0 aromatic rings. The number of nitrogens with one attached hydrogen (secondary N) is 1. The van der Waals surface area contributed by atoms with Gasteiger partial charge in [0.15, 0.2) is 0 Å². The molecule has 1 heterocycles. The molecule has 0 aromatic heterocycles. The van der Waals surface area contributed by atoms with Crippen molar-refractivity contribution in [3.8, 4) is 0 Å². The van der Waals surface area contributed by atoms with Crippen LogP contribution in [0.3, 0.4) is 0 Å². The fraction of sp³-hybridized carbons (Fsp3) is 1.00. The number of hydrogen-bond donors (Lipinski definition) is 1. The molecule has 12 heavy (non-hydrogen) atoms. The van der Waals surface area contributed by atoms with Gasteiger partial charge in [-0.2, -0.15) is 0 Å². The van der Waals surface area contributed by atoms with Gasteiger partial charge in [0.2, 0.25) is 0 Å². The zero-order valence-corrected chi connectivity index (χ0v) is 8.14. The molecule has 1 rings (SSSR count). The molecule has 2 nitrogen and oxygen atoms in total. The third-order valence-corrected chi connectivity index (χ3v) is 2.33. The lowest BCUT2D eigenvalue weighted by Crippen LogP contribution is -2.36. The molecule has 72 valence electrons. The van der Waals surface area contributed by atoms with Crippen molar-refractivity contribution in [1.82, 2.24) is 5.32 Å². The molecule has 1 saturated heterocycles. The molecular formula is C10H21NO. The third kappa shape index (κ3) is 4.07. The van der Waals surface area contributed by atoms with Crippen LogP contribution in [0.5, 0.6) is 0 Å². The van der Waals surface area contributed by atoms with Gasteiger partial charge in [-0.1, -0.05) is 19.8 Å². The average molecular weight is 171 g/mol. The Bertz CT molecular complexity index is 100. The summed E-state index contributed by atoms with van der Waals surface area (Å²) in [4.78, 5) is 0. The molecular weight excluding hydrogens is 150 g/mol. The van der Waals surface area contributed by atoms with Crippen LogP contribution in [0.1, 0.15) is 45.4 Å². The summed E-state index contributed by atoms with van der Waals surface area (Å²) < 4.78 is 5.67. The van der Waals surface area contributed by atoms with Crippen molar-refractivity contribution in [3.05, 3.63) is 0 Å². The lowest BCUT2D eigenvalue weighted by Gasteiger charge is -2.23. The van der Waals surface area contributed by atoms with Crippen molar-refractivity contribution in [2.75, 3.05) is 13.2 Å². The molecule has 0 radical (unpaired) electrons. The number of unbranched alkanes of at least 4 members (excludes halogenated alkanes) is 2. The first-order chi connectivity index (χ1) is 5.93. The van der Waals surface area contributed by atoms with Gasteiger partial charge in [-0.05, 0) is 32.2 Å². The van der Waals surface area contributed by atoms with E-state index in [-0.39, 0.29) is 0 Å². The summed E-state index contributed by atoms with van der Waals surface area (Å²) in [7, 11) is 0. The normalized spacial score (nSPS) is 24.2. The summed E-state index contributed by atoms with van der Waals surface area (Å²) in [5.41, 5.74) is 0. The smallest absolute Gasteiger partial charge is 0.108 e. The molecule has 0 amide bonds. The Kier molecular flexibility index (Phi) is 5.37. The maximum atomic E-state index is 5.67. The minimum absolute atomic E-state index is 0.357. The molecule has 1 N–H and O–H groups in total. The van der Waals surface area contributed by atoms with Gasteiger partial charge in [0, 0.05) is 6.61 Å². The minimum Gasteiger partial charge on any atom is -0.363 e. The van der Waals surface area contributed by atoms with Gasteiger partial charge in [-0.15, -0.1) is 0 Å². The molecule has 1 fully saturated rings. The molecule has 0 bridgehead atoms. The predicted octanol–water partition coefficient (Wildman–Crippen LogP) is 2.29. The van der Waals surface area contributed by atoms with Crippen molar-refractivity contribution in [1.29, 1.82) is 0 Å². The predicted molar refractivity (Wildman–Crippen MR) is 51.1 cm³/mol. The summed E-state index contributed by atoms with van der Waals surface area (Å²) in [6, 6.07) is 0. The van der Waals surface area contributed by atoms with Crippen LogP contribution in [-0.4, -0.2) is 19.4 Å². The van der Waals surface area contributed by atoms with Gasteiger partial charge in [0.05, 0.1) is 0 Å². The van der Waals surface area contributed by atoms with E-state index in [0.29, 0.717) is 6.23 Å². The van der Waals surface area contributed by atoms with E-state index in [1.807, 2.05) is 0 Å². The molecule has 0 aliphatic carbocycles. The Morgan fingerprint density at radius 1 is 1.33 bits per heavy atom. The zero-order valence-electron chi connectivity index (χ0n) is 8.14. The molecule has 0 spiro atoms. The standard InChI is InChI=1S/C10H21NO/c1-2-3-6-9-12-10-7-4-5-8-11-10/h10-11H,2-9H2,1H3. The molecule has 0 aromatic carbocycles. The first kappa shape index (κ1) is 10.0. The Morgan fingerprint density at radius 3 is 2.92 bits per heavy atom. The Hall–Kier alpha value is -0.0800. The second-order valence-corrected chi connectivity index (χ2v) is 3.52. The van der Waals surface area contributed by atoms with E-state index >= 15 is 0 Å². The van der Waals surface area contributed by atoms with Crippen molar-refractivity contribution < 1.29 is 4.74 Å². The summed E-state index contributed by atoms with van der Waals surface area (Å²) in [5, 5.41) is 3.37. The van der Waals surface area contributed by atoms with Crippen LogP contribution < -0.4 is 5.32 Å². The van der Waals surface area contributed by atoms with Crippen molar-refractivity contribution >= 4 is 0 Å². The number of piperidine rings is 1. The largest absolute Gasteiger partial charge is 0.363 e. The van der Waals surface area contributed by atoms with E-state index in [1.54, 1.807) is 0 Å². The molecule has 1 atom stereocenters. The zero-order chi connectivity index (χ0) is 8.65. The van der Waals surface area contributed by atoms with E-state index in [4.69, 9.17) is 4.74 Å². The summed E-state index contributed by atoms with van der Waals surface area (Å²) in [6.45, 7) is 4.29. The molecule has 1 aliphatic heterocycles. The van der Waals surface area contributed by atoms with Gasteiger partial charge < -0.3 is 4.74 Å². The first-order valence-corrected chi connectivity index (χ1v) is 5.28. The second-order valence-electron chi connectivity index (χ2n) is 3.52. The fourth-order valence-corrected chi connectivity index (χ4v) is 1.54. The van der Waals surface area contributed by atoms with Crippen LogP contribution >= 0.6 is 0 Å². The monoisotopic (exact) mass is 171 g/mol. The molecule has 1 unspecified atom stereocenters. The molecule has 0 saturated carbocycles. The van der Waals surface area contributed by atoms with Crippen molar-refractivity contribution in [2.24, 2.45) is 0 Å². The second kappa shape index (κ2) is 6.44. The van der Waals surface area contributed by atoms with Crippen LogP contribution in [0.15, 0.2) is 0 Å². The van der Waals surface area contributed by atoms with Crippen molar-refractivity contribution in [3.63, 3.8) is 0 Å². The van der Waals surface area contributed by atoms with Crippen LogP contribution in [0.4, 0.5) is 0 Å². The van der Waals surface area contributed by atoms with Crippen LogP contribution in [-0.2, 0) is 4.74 Å². The van der Waals surface area contributed by atoms with Crippen LogP contribution in [0.25, 0.3) is 0 Å². The van der Waals surface area contributed by atoms with E-state index < -0.39 is 0 Å². The van der Waals surface area contributed by atoms with E-state index in [1.165, 1.54) is 38.5 Å². The maximum absolute atomic E-state index is 5.67.